The van der Waals surface area contributed by atoms with Crippen LogP contribution in [0, 0.1) is 6.92 Å². The van der Waals surface area contributed by atoms with Gasteiger partial charge < -0.3 is 8.83 Å². The lowest BCUT2D eigenvalue weighted by molar-refractivity contribution is 0.506. The molecule has 0 amide bonds. The Morgan fingerprint density at radius 1 is 1.05 bits per heavy atom. The Morgan fingerprint density at radius 2 is 1.80 bits per heavy atom. The molecule has 0 spiro atoms. The van der Waals surface area contributed by atoms with E-state index in [-0.39, 0.29) is 5.63 Å². The molecular weight excluding hydrogens is 271 g/mol. The number of hydrogen-bond donors (Lipinski definition) is 0. The van der Waals surface area contributed by atoms with Crippen LogP contribution >= 0.6 is 9.24 Å². The fourth-order valence-electron chi connectivity index (χ4n) is 3.19. The smallest absolute Gasteiger partial charge is 0.336 e. The molecule has 0 aliphatic heterocycles. The highest BCUT2D eigenvalue weighted by molar-refractivity contribution is 7.29. The largest absolute Gasteiger partial charge is 0.460 e. The number of aryl methyl sites for hydroxylation is 3. The van der Waals surface area contributed by atoms with Gasteiger partial charge in [-0.15, -0.1) is 0 Å². The van der Waals surface area contributed by atoms with E-state index in [4.69, 9.17) is 8.83 Å². The van der Waals surface area contributed by atoms with Gasteiger partial charge >= 0.3 is 5.63 Å². The minimum Gasteiger partial charge on any atom is -0.460 e. The SMILES string of the molecule is Cc1cc(=O)oc2c(P)c3oc4c(c3cc12)CCCC4. The van der Waals surface area contributed by atoms with Gasteiger partial charge in [0, 0.05) is 28.8 Å². The summed E-state index contributed by atoms with van der Waals surface area (Å²) < 4.78 is 11.4. The van der Waals surface area contributed by atoms with Gasteiger partial charge in [0.15, 0.2) is 0 Å². The summed E-state index contributed by atoms with van der Waals surface area (Å²) in [5, 5.41) is 3.03. The Kier molecular flexibility index (Phi) is 2.55. The number of fused-ring (bicyclic) bond motifs is 4. The van der Waals surface area contributed by atoms with Crippen LogP contribution in [0.4, 0.5) is 0 Å². The van der Waals surface area contributed by atoms with Gasteiger partial charge in [0.05, 0.1) is 5.30 Å². The van der Waals surface area contributed by atoms with Crippen LogP contribution < -0.4 is 10.9 Å². The Labute approximate surface area is 118 Å². The molecule has 1 aromatic carbocycles. The van der Waals surface area contributed by atoms with Crippen molar-refractivity contribution in [3.8, 4) is 0 Å². The van der Waals surface area contributed by atoms with E-state index in [0.717, 1.165) is 40.4 Å². The maximum Gasteiger partial charge on any atom is 0.336 e. The summed E-state index contributed by atoms with van der Waals surface area (Å²) in [5.41, 5.74) is 3.45. The van der Waals surface area contributed by atoms with Crippen LogP contribution in [0.15, 0.2) is 25.8 Å². The zero-order chi connectivity index (χ0) is 13.9. The fraction of sp³-hybridized carbons (Fsp3) is 0.312. The minimum atomic E-state index is -0.311. The third-order valence-corrected chi connectivity index (χ3v) is 4.72. The van der Waals surface area contributed by atoms with Gasteiger partial charge in [-0.2, -0.15) is 0 Å². The van der Waals surface area contributed by atoms with E-state index >= 15 is 0 Å². The topological polar surface area (TPSA) is 43.4 Å². The van der Waals surface area contributed by atoms with Gasteiger partial charge in [-0.05, 0) is 37.8 Å². The van der Waals surface area contributed by atoms with Crippen molar-refractivity contribution in [3.05, 3.63) is 39.4 Å². The number of hydrogen-bond acceptors (Lipinski definition) is 3. The van der Waals surface area contributed by atoms with Gasteiger partial charge in [-0.25, -0.2) is 4.79 Å². The molecule has 2 heterocycles. The lowest BCUT2D eigenvalue weighted by Crippen LogP contribution is -2.04. The van der Waals surface area contributed by atoms with Gasteiger partial charge in [-0.1, -0.05) is 9.24 Å². The van der Waals surface area contributed by atoms with Crippen LogP contribution in [0.3, 0.4) is 0 Å². The standard InChI is InChI=1S/C16H15O3P/c1-8-6-13(17)19-14-10(8)7-11-9-4-2-3-5-12(9)18-15(11)16(14)20/h6-7H,2-5,20H2,1H3. The maximum atomic E-state index is 11.6. The second kappa shape index (κ2) is 4.20. The van der Waals surface area contributed by atoms with Crippen molar-refractivity contribution >= 4 is 36.5 Å². The molecule has 3 aromatic rings. The summed E-state index contributed by atoms with van der Waals surface area (Å²) in [7, 11) is 2.67. The molecule has 1 aliphatic rings. The van der Waals surface area contributed by atoms with E-state index in [1.807, 2.05) is 6.92 Å². The highest BCUT2D eigenvalue weighted by Crippen LogP contribution is 2.34. The van der Waals surface area contributed by atoms with E-state index in [1.54, 1.807) is 6.07 Å². The van der Waals surface area contributed by atoms with Gasteiger partial charge in [0.1, 0.15) is 16.9 Å². The first-order valence-corrected chi connectivity index (χ1v) is 7.50. The fourth-order valence-corrected chi connectivity index (χ4v) is 3.62. The molecule has 1 atom stereocenters. The molecule has 20 heavy (non-hydrogen) atoms. The van der Waals surface area contributed by atoms with Crippen molar-refractivity contribution in [2.45, 2.75) is 32.6 Å². The van der Waals surface area contributed by atoms with Crippen molar-refractivity contribution in [3.63, 3.8) is 0 Å². The lowest BCUT2D eigenvalue weighted by atomic mass is 9.95. The summed E-state index contributed by atoms with van der Waals surface area (Å²) in [6.45, 7) is 1.95. The van der Waals surface area contributed by atoms with Crippen LogP contribution in [0.5, 0.6) is 0 Å². The first-order valence-electron chi connectivity index (χ1n) is 6.92. The molecule has 0 N–H and O–H groups in total. The van der Waals surface area contributed by atoms with Crippen LogP contribution in [0.1, 0.15) is 29.7 Å². The molecule has 1 unspecified atom stereocenters. The minimum absolute atomic E-state index is 0.311. The highest BCUT2D eigenvalue weighted by Gasteiger charge is 2.21. The van der Waals surface area contributed by atoms with Gasteiger partial charge in [0.25, 0.3) is 0 Å². The Bertz CT molecular complexity index is 902. The Hall–Kier alpha value is -1.60. The van der Waals surface area contributed by atoms with E-state index in [9.17, 15) is 4.79 Å². The summed E-state index contributed by atoms with van der Waals surface area (Å²) in [5.74, 6) is 1.10. The third kappa shape index (κ3) is 1.59. The highest BCUT2D eigenvalue weighted by atomic mass is 31.0. The molecule has 0 fully saturated rings. The molecule has 0 bridgehead atoms. The van der Waals surface area contributed by atoms with Crippen LogP contribution in [-0.2, 0) is 12.8 Å². The normalized spacial score (nSPS) is 14.9. The van der Waals surface area contributed by atoms with Gasteiger partial charge in [-0.3, -0.25) is 0 Å². The molecular formula is C16H15O3P. The first kappa shape index (κ1) is 12.2. The monoisotopic (exact) mass is 286 g/mol. The molecule has 102 valence electrons. The summed E-state index contributed by atoms with van der Waals surface area (Å²) in [6.07, 6.45) is 4.49. The number of furan rings is 1. The summed E-state index contributed by atoms with van der Waals surface area (Å²) >= 11 is 0. The quantitative estimate of drug-likeness (QED) is 0.471. The van der Waals surface area contributed by atoms with Crippen molar-refractivity contribution in [2.75, 3.05) is 0 Å². The molecule has 3 nitrogen and oxygen atoms in total. The average molecular weight is 286 g/mol. The average Bonchev–Trinajstić information content (AvgIpc) is 2.80. The summed E-state index contributed by atoms with van der Waals surface area (Å²) in [4.78, 5) is 11.6. The molecule has 0 saturated heterocycles. The van der Waals surface area contributed by atoms with Gasteiger partial charge in [0.2, 0.25) is 0 Å². The van der Waals surface area contributed by atoms with Crippen LogP contribution in [0.25, 0.3) is 21.9 Å². The van der Waals surface area contributed by atoms with E-state index < -0.39 is 0 Å². The predicted molar refractivity (Wildman–Crippen MR) is 83.0 cm³/mol. The molecule has 0 radical (unpaired) electrons. The van der Waals surface area contributed by atoms with Crippen LogP contribution in [0.2, 0.25) is 0 Å². The third-order valence-electron chi connectivity index (χ3n) is 4.20. The van der Waals surface area contributed by atoms with Crippen molar-refractivity contribution in [1.29, 1.82) is 0 Å². The maximum absolute atomic E-state index is 11.6. The van der Waals surface area contributed by atoms with Crippen molar-refractivity contribution in [1.82, 2.24) is 0 Å². The van der Waals surface area contributed by atoms with Crippen molar-refractivity contribution in [2.24, 2.45) is 0 Å². The molecule has 0 saturated carbocycles. The van der Waals surface area contributed by atoms with E-state index in [2.05, 4.69) is 15.3 Å². The zero-order valence-electron chi connectivity index (χ0n) is 11.3. The lowest BCUT2D eigenvalue weighted by Gasteiger charge is -2.08. The van der Waals surface area contributed by atoms with Crippen LogP contribution in [-0.4, -0.2) is 0 Å². The molecule has 2 aromatic heterocycles. The molecule has 4 rings (SSSR count). The Balaban J connectivity index is 2.21. The number of rotatable bonds is 0. The molecule has 4 heteroatoms. The summed E-state index contributed by atoms with van der Waals surface area (Å²) in [6, 6.07) is 3.66. The van der Waals surface area contributed by atoms with E-state index in [1.165, 1.54) is 23.8 Å². The van der Waals surface area contributed by atoms with Crippen molar-refractivity contribution < 1.29 is 8.83 Å². The van der Waals surface area contributed by atoms with E-state index in [0.29, 0.717) is 5.58 Å². The second-order valence-electron chi connectivity index (χ2n) is 5.50. The Morgan fingerprint density at radius 3 is 2.65 bits per heavy atom. The number of benzene rings is 1. The predicted octanol–water partition coefficient (Wildman–Crippen LogP) is 3.23. The zero-order valence-corrected chi connectivity index (χ0v) is 12.4. The molecule has 1 aliphatic carbocycles. The second-order valence-corrected chi connectivity index (χ2v) is 6.08. The first-order chi connectivity index (χ1) is 9.65.